The van der Waals surface area contributed by atoms with Crippen LogP contribution in [0.5, 0.6) is 0 Å². The van der Waals surface area contributed by atoms with E-state index >= 15 is 0 Å². The highest BCUT2D eigenvalue weighted by Crippen LogP contribution is 2.32. The van der Waals surface area contributed by atoms with E-state index in [0.717, 1.165) is 37.8 Å². The minimum Gasteiger partial charge on any atom is -0.498 e. The molecule has 0 saturated heterocycles. The second-order valence-corrected chi connectivity index (χ2v) is 5.57. The van der Waals surface area contributed by atoms with Gasteiger partial charge in [-0.15, -0.1) is 0 Å². The Kier molecular flexibility index (Phi) is 6.10. The third kappa shape index (κ3) is 4.39. The molecule has 1 aromatic rings. The van der Waals surface area contributed by atoms with E-state index in [0.29, 0.717) is 12.8 Å². The molecule has 1 aliphatic heterocycles. The summed E-state index contributed by atoms with van der Waals surface area (Å²) in [6.45, 7) is 2.14. The average Bonchev–Trinajstić information content (AvgIpc) is 2.55. The third-order valence-electron chi connectivity index (χ3n) is 3.84. The smallest absolute Gasteiger partial charge is 0.166 e. The molecule has 1 aromatic carbocycles. The second kappa shape index (κ2) is 8.06. The standard InChI is InChI=1S/C18H21F3O/c1-2-3-4-5-16-11-8-14(12-22-16)18(21)17(20)13-6-9-15(19)10-7-13/h6-7,9-10,12,16H,2-5,8,11H2,1H3/b18-17+. The number of unbranched alkanes of at least 4 members (excludes halogenated alkanes) is 2. The maximum atomic E-state index is 14.2. The molecule has 22 heavy (non-hydrogen) atoms. The van der Waals surface area contributed by atoms with Crippen molar-refractivity contribution < 1.29 is 17.9 Å². The summed E-state index contributed by atoms with van der Waals surface area (Å²) in [5.74, 6) is -2.37. The van der Waals surface area contributed by atoms with Gasteiger partial charge in [0.25, 0.3) is 0 Å². The highest BCUT2D eigenvalue weighted by atomic mass is 19.2. The molecule has 0 spiro atoms. The largest absolute Gasteiger partial charge is 0.498 e. The molecular formula is C18H21F3O. The van der Waals surface area contributed by atoms with Gasteiger partial charge in [0.05, 0.1) is 12.4 Å². The van der Waals surface area contributed by atoms with Crippen molar-refractivity contribution in [2.24, 2.45) is 0 Å². The number of allylic oxidation sites excluding steroid dienone is 2. The van der Waals surface area contributed by atoms with Gasteiger partial charge >= 0.3 is 0 Å². The van der Waals surface area contributed by atoms with Crippen molar-refractivity contribution in [3.05, 3.63) is 53.3 Å². The van der Waals surface area contributed by atoms with Crippen LogP contribution >= 0.6 is 0 Å². The van der Waals surface area contributed by atoms with Gasteiger partial charge in [-0.3, -0.25) is 0 Å². The topological polar surface area (TPSA) is 9.23 Å². The molecule has 0 fully saturated rings. The fourth-order valence-electron chi connectivity index (χ4n) is 2.48. The monoisotopic (exact) mass is 310 g/mol. The summed E-state index contributed by atoms with van der Waals surface area (Å²) < 4.78 is 46.6. The maximum Gasteiger partial charge on any atom is 0.166 e. The number of hydrogen-bond donors (Lipinski definition) is 0. The zero-order valence-electron chi connectivity index (χ0n) is 12.7. The van der Waals surface area contributed by atoms with Gasteiger partial charge in [0.15, 0.2) is 11.7 Å². The lowest BCUT2D eigenvalue weighted by atomic mass is 9.99. The summed E-state index contributed by atoms with van der Waals surface area (Å²) in [4.78, 5) is 0. The first kappa shape index (κ1) is 16.7. The van der Waals surface area contributed by atoms with Gasteiger partial charge in [-0.25, -0.2) is 13.2 Å². The van der Waals surface area contributed by atoms with Crippen molar-refractivity contribution in [3.63, 3.8) is 0 Å². The first-order valence-corrected chi connectivity index (χ1v) is 7.78. The Morgan fingerprint density at radius 3 is 2.45 bits per heavy atom. The highest BCUT2D eigenvalue weighted by Gasteiger charge is 2.21. The zero-order valence-corrected chi connectivity index (χ0v) is 12.7. The minimum absolute atomic E-state index is 0.0323. The first-order chi connectivity index (χ1) is 10.6. The van der Waals surface area contributed by atoms with Crippen molar-refractivity contribution in [2.75, 3.05) is 0 Å². The van der Waals surface area contributed by atoms with Crippen LogP contribution in [0, 0.1) is 5.82 Å². The van der Waals surface area contributed by atoms with Crippen molar-refractivity contribution >= 4 is 5.83 Å². The van der Waals surface area contributed by atoms with Crippen LogP contribution < -0.4 is 0 Å². The molecule has 0 amide bonds. The molecule has 0 aliphatic carbocycles. The lowest BCUT2D eigenvalue weighted by Gasteiger charge is -2.22. The van der Waals surface area contributed by atoms with Crippen molar-refractivity contribution in [1.29, 1.82) is 0 Å². The maximum absolute atomic E-state index is 14.2. The van der Waals surface area contributed by atoms with Gasteiger partial charge in [-0.2, -0.15) is 0 Å². The molecule has 1 nitrogen and oxygen atoms in total. The van der Waals surface area contributed by atoms with Gasteiger partial charge < -0.3 is 4.74 Å². The van der Waals surface area contributed by atoms with Gasteiger partial charge in [0, 0.05) is 11.1 Å². The van der Waals surface area contributed by atoms with Crippen LogP contribution in [-0.2, 0) is 4.74 Å². The van der Waals surface area contributed by atoms with Gasteiger partial charge in [0.2, 0.25) is 0 Å². The molecule has 1 unspecified atom stereocenters. The summed E-state index contributed by atoms with van der Waals surface area (Å²) in [6, 6.07) is 4.67. The molecule has 2 rings (SSSR count). The molecule has 1 heterocycles. The number of benzene rings is 1. The average molecular weight is 310 g/mol. The van der Waals surface area contributed by atoms with Crippen molar-refractivity contribution in [1.82, 2.24) is 0 Å². The molecule has 120 valence electrons. The van der Waals surface area contributed by atoms with E-state index in [2.05, 4.69) is 6.92 Å². The van der Waals surface area contributed by atoms with Gasteiger partial charge in [0.1, 0.15) is 5.82 Å². The van der Waals surface area contributed by atoms with Crippen LogP contribution in [0.1, 0.15) is 51.0 Å². The van der Waals surface area contributed by atoms with E-state index in [1.165, 1.54) is 18.4 Å². The SMILES string of the molecule is CCCCCC1CCC(/C(F)=C(\F)c2ccc(F)cc2)=CO1. The summed E-state index contributed by atoms with van der Waals surface area (Å²) in [6.07, 6.45) is 6.92. The Morgan fingerprint density at radius 1 is 1.14 bits per heavy atom. The molecule has 1 atom stereocenters. The molecule has 0 bridgehead atoms. The van der Waals surface area contributed by atoms with Crippen LogP contribution in [0.3, 0.4) is 0 Å². The van der Waals surface area contributed by atoms with Crippen LogP contribution in [0.2, 0.25) is 0 Å². The fraction of sp³-hybridized carbons (Fsp3) is 0.444. The lowest BCUT2D eigenvalue weighted by Crippen LogP contribution is -2.15. The number of hydrogen-bond acceptors (Lipinski definition) is 1. The predicted molar refractivity (Wildman–Crippen MR) is 81.9 cm³/mol. The molecular weight excluding hydrogens is 289 g/mol. The number of halogens is 3. The first-order valence-electron chi connectivity index (χ1n) is 7.78. The minimum atomic E-state index is -0.973. The van der Waals surface area contributed by atoms with Gasteiger partial charge in [-0.05, 0) is 49.9 Å². The van der Waals surface area contributed by atoms with E-state index in [9.17, 15) is 13.2 Å². The summed E-state index contributed by atoms with van der Waals surface area (Å²) >= 11 is 0. The van der Waals surface area contributed by atoms with E-state index in [-0.39, 0.29) is 17.2 Å². The molecule has 4 heteroatoms. The zero-order chi connectivity index (χ0) is 15.9. The third-order valence-corrected chi connectivity index (χ3v) is 3.84. The van der Waals surface area contributed by atoms with E-state index in [1.807, 2.05) is 0 Å². The molecule has 0 N–H and O–H groups in total. The Labute approximate surface area is 129 Å². The number of ether oxygens (including phenoxy) is 1. The van der Waals surface area contributed by atoms with E-state index in [1.54, 1.807) is 0 Å². The molecule has 0 radical (unpaired) electrons. The van der Waals surface area contributed by atoms with Crippen molar-refractivity contribution in [3.8, 4) is 0 Å². The highest BCUT2D eigenvalue weighted by molar-refractivity contribution is 5.64. The second-order valence-electron chi connectivity index (χ2n) is 5.57. The Hall–Kier alpha value is -1.71. The Balaban J connectivity index is 2.02. The lowest BCUT2D eigenvalue weighted by molar-refractivity contribution is 0.108. The molecule has 0 saturated carbocycles. The van der Waals surface area contributed by atoms with Crippen LogP contribution in [0.25, 0.3) is 5.83 Å². The summed E-state index contributed by atoms with van der Waals surface area (Å²) in [7, 11) is 0. The van der Waals surface area contributed by atoms with Crippen LogP contribution in [0.4, 0.5) is 13.2 Å². The molecule has 1 aliphatic rings. The van der Waals surface area contributed by atoms with Crippen LogP contribution in [0.15, 0.2) is 41.9 Å². The van der Waals surface area contributed by atoms with Gasteiger partial charge in [-0.1, -0.05) is 19.8 Å². The summed E-state index contributed by atoms with van der Waals surface area (Å²) in [5.41, 5.74) is 0.262. The quantitative estimate of drug-likeness (QED) is 0.579. The van der Waals surface area contributed by atoms with E-state index in [4.69, 9.17) is 4.74 Å². The molecule has 0 aromatic heterocycles. The fourth-order valence-corrected chi connectivity index (χ4v) is 2.48. The summed E-state index contributed by atoms with van der Waals surface area (Å²) in [5, 5.41) is 0. The number of rotatable bonds is 6. The van der Waals surface area contributed by atoms with E-state index < -0.39 is 17.5 Å². The Morgan fingerprint density at radius 2 is 1.86 bits per heavy atom. The predicted octanol–water partition coefficient (Wildman–Crippen LogP) is 6.08. The van der Waals surface area contributed by atoms with Crippen LogP contribution in [-0.4, -0.2) is 6.10 Å². The Bertz CT molecular complexity index is 546. The van der Waals surface area contributed by atoms with Crippen molar-refractivity contribution in [2.45, 2.75) is 51.6 Å². The normalized spacial score (nSPS) is 19.3.